The average Bonchev–Trinajstić information content (AvgIpc) is 2.79. The van der Waals surface area contributed by atoms with Gasteiger partial charge in [-0.3, -0.25) is 0 Å². The zero-order chi connectivity index (χ0) is 21.6. The highest BCUT2D eigenvalue weighted by Crippen LogP contribution is 2.11. The molecule has 0 fully saturated rings. The van der Waals surface area contributed by atoms with Gasteiger partial charge in [0, 0.05) is 12.4 Å². The molecule has 0 bridgehead atoms. The minimum atomic E-state index is 0.00313. The second kappa shape index (κ2) is 12.9. The van der Waals surface area contributed by atoms with Crippen molar-refractivity contribution >= 4 is 12.4 Å². The molecule has 152 valence electrons. The number of nitrogens with zero attached hydrogens (tertiary/aromatic N) is 4. The average molecular weight is 397 g/mol. The van der Waals surface area contributed by atoms with E-state index >= 15 is 0 Å². The highest BCUT2D eigenvalue weighted by Gasteiger charge is 2.03. The maximum Gasteiger partial charge on any atom is 0.176 e. The van der Waals surface area contributed by atoms with Crippen LogP contribution in [-0.2, 0) is 12.8 Å². The van der Waals surface area contributed by atoms with Crippen LogP contribution in [0.25, 0.3) is 0 Å². The smallest absolute Gasteiger partial charge is 0.176 e. The summed E-state index contributed by atoms with van der Waals surface area (Å²) in [4.78, 5) is 8.39. The van der Waals surface area contributed by atoms with Crippen LogP contribution in [0.5, 0.6) is 0 Å². The van der Waals surface area contributed by atoms with Crippen LogP contribution in [0.2, 0.25) is 0 Å². The quantitative estimate of drug-likeness (QED) is 0.356. The molecule has 0 saturated carbocycles. The second-order valence-corrected chi connectivity index (χ2v) is 7.13. The van der Waals surface area contributed by atoms with E-state index in [1.807, 2.05) is 36.4 Å². The van der Waals surface area contributed by atoms with Gasteiger partial charge in [-0.1, -0.05) is 75.2 Å². The third kappa shape index (κ3) is 7.49. The fraction of sp³-hybridized carbons (Fsp3) is 0.308. The molecule has 0 heterocycles. The van der Waals surface area contributed by atoms with Gasteiger partial charge in [-0.2, -0.15) is 10.5 Å². The fourth-order valence-electron chi connectivity index (χ4n) is 2.87. The zero-order valence-electron chi connectivity index (χ0n) is 17.8. The van der Waals surface area contributed by atoms with Crippen molar-refractivity contribution in [3.63, 3.8) is 0 Å². The number of hydrogen-bond acceptors (Lipinski definition) is 4. The first-order valence-corrected chi connectivity index (χ1v) is 10.5. The van der Waals surface area contributed by atoms with Crippen LogP contribution in [0.3, 0.4) is 0 Å². The standard InChI is InChI=1S/C26H28N4/c1-3-5-7-21-9-13-23(14-10-21)19-29-25(17-27)26(18-28)30-20-24-15-11-22(12-16-24)8-6-4-2/h9-16,19-20H,3-8H2,1-2H3/b26-25+,29-19?,30-20?. The van der Waals surface area contributed by atoms with E-state index in [9.17, 15) is 10.5 Å². The van der Waals surface area contributed by atoms with Crippen LogP contribution in [0.15, 0.2) is 69.9 Å². The summed E-state index contributed by atoms with van der Waals surface area (Å²) in [6.45, 7) is 4.35. The number of aliphatic imine (C=N–C) groups is 2. The van der Waals surface area contributed by atoms with Crippen molar-refractivity contribution in [1.29, 1.82) is 10.5 Å². The number of rotatable bonds is 10. The Kier molecular flexibility index (Phi) is 9.77. The van der Waals surface area contributed by atoms with Gasteiger partial charge in [0.05, 0.1) is 0 Å². The lowest BCUT2D eigenvalue weighted by molar-refractivity contribution is 0.795. The summed E-state index contributed by atoms with van der Waals surface area (Å²) in [5.41, 5.74) is 4.34. The molecule has 2 rings (SSSR count). The molecule has 2 aromatic carbocycles. The monoisotopic (exact) mass is 396 g/mol. The van der Waals surface area contributed by atoms with E-state index < -0.39 is 0 Å². The lowest BCUT2D eigenvalue weighted by Gasteiger charge is -2.00. The van der Waals surface area contributed by atoms with Crippen molar-refractivity contribution < 1.29 is 0 Å². The minimum absolute atomic E-state index is 0.00313. The van der Waals surface area contributed by atoms with Gasteiger partial charge in [0.15, 0.2) is 11.4 Å². The number of nitriles is 2. The third-order valence-electron chi connectivity index (χ3n) is 4.72. The highest BCUT2D eigenvalue weighted by atomic mass is 14.8. The predicted octanol–water partition coefficient (Wildman–Crippen LogP) is 6.17. The van der Waals surface area contributed by atoms with Crippen LogP contribution < -0.4 is 0 Å². The van der Waals surface area contributed by atoms with Gasteiger partial charge in [0.25, 0.3) is 0 Å². The Labute approximate surface area is 179 Å². The molecule has 0 unspecified atom stereocenters. The largest absolute Gasteiger partial charge is 0.242 e. The van der Waals surface area contributed by atoms with E-state index in [0.717, 1.165) is 24.0 Å². The van der Waals surface area contributed by atoms with Crippen molar-refractivity contribution in [2.24, 2.45) is 9.98 Å². The van der Waals surface area contributed by atoms with Crippen molar-refractivity contribution in [3.05, 3.63) is 82.2 Å². The summed E-state index contributed by atoms with van der Waals surface area (Å²) in [7, 11) is 0. The van der Waals surface area contributed by atoms with Gasteiger partial charge in [0.1, 0.15) is 12.1 Å². The molecule has 0 radical (unpaired) electrons. The Morgan fingerprint density at radius 3 is 1.37 bits per heavy atom. The van der Waals surface area contributed by atoms with Crippen LogP contribution in [0.4, 0.5) is 0 Å². The number of benzene rings is 2. The molecule has 0 aliphatic rings. The summed E-state index contributed by atoms with van der Waals surface area (Å²) >= 11 is 0. The molecule has 0 aliphatic carbocycles. The molecule has 0 saturated heterocycles. The lowest BCUT2D eigenvalue weighted by Crippen LogP contribution is -1.90. The van der Waals surface area contributed by atoms with Gasteiger partial charge in [-0.25, -0.2) is 9.98 Å². The first-order valence-electron chi connectivity index (χ1n) is 10.5. The minimum Gasteiger partial charge on any atom is -0.242 e. The van der Waals surface area contributed by atoms with Crippen molar-refractivity contribution in [3.8, 4) is 12.1 Å². The SMILES string of the molecule is CCCCc1ccc(C=N/C(C#N)=C(\C#N)N=Cc2ccc(CCCC)cc2)cc1. The topological polar surface area (TPSA) is 72.3 Å². The molecule has 4 nitrogen and oxygen atoms in total. The van der Waals surface area contributed by atoms with Gasteiger partial charge in [0.2, 0.25) is 0 Å². The molecule has 0 N–H and O–H groups in total. The molecular weight excluding hydrogens is 368 g/mol. The summed E-state index contributed by atoms with van der Waals surface area (Å²) in [6.07, 6.45) is 9.98. The van der Waals surface area contributed by atoms with Crippen LogP contribution in [-0.4, -0.2) is 12.4 Å². The normalized spacial score (nSPS) is 12.0. The maximum absolute atomic E-state index is 9.42. The summed E-state index contributed by atoms with van der Waals surface area (Å²) in [6, 6.07) is 20.1. The van der Waals surface area contributed by atoms with Gasteiger partial charge in [-0.15, -0.1) is 0 Å². The summed E-state index contributed by atoms with van der Waals surface area (Å²) in [5, 5.41) is 18.8. The van der Waals surface area contributed by atoms with E-state index in [1.54, 1.807) is 12.4 Å². The molecule has 0 aromatic heterocycles. The fourth-order valence-corrected chi connectivity index (χ4v) is 2.87. The molecule has 0 aliphatic heterocycles. The van der Waals surface area contributed by atoms with E-state index in [2.05, 4.69) is 48.1 Å². The first kappa shape index (κ1) is 22.8. The predicted molar refractivity (Wildman–Crippen MR) is 124 cm³/mol. The molecule has 2 aromatic rings. The number of hydrogen-bond donors (Lipinski definition) is 0. The second-order valence-electron chi connectivity index (χ2n) is 7.13. The highest BCUT2D eigenvalue weighted by molar-refractivity contribution is 5.82. The molecule has 0 atom stereocenters. The molecule has 30 heavy (non-hydrogen) atoms. The van der Waals surface area contributed by atoms with E-state index in [-0.39, 0.29) is 11.4 Å². The zero-order valence-corrected chi connectivity index (χ0v) is 17.8. The van der Waals surface area contributed by atoms with Crippen molar-refractivity contribution in [1.82, 2.24) is 0 Å². The Morgan fingerprint density at radius 2 is 1.07 bits per heavy atom. The van der Waals surface area contributed by atoms with E-state index in [0.29, 0.717) is 0 Å². The van der Waals surface area contributed by atoms with Crippen molar-refractivity contribution in [2.45, 2.75) is 52.4 Å². The Bertz CT molecular complexity index is 884. The molecule has 0 amide bonds. The molecule has 4 heteroatoms. The first-order chi connectivity index (χ1) is 14.7. The Hall–Kier alpha value is -3.50. The molecular formula is C26H28N4. The maximum atomic E-state index is 9.42. The van der Waals surface area contributed by atoms with Gasteiger partial charge >= 0.3 is 0 Å². The lowest BCUT2D eigenvalue weighted by atomic mass is 10.1. The van der Waals surface area contributed by atoms with E-state index in [1.165, 1.54) is 36.8 Å². The molecule has 0 spiro atoms. The van der Waals surface area contributed by atoms with Crippen LogP contribution >= 0.6 is 0 Å². The number of unbranched alkanes of at least 4 members (excludes halogenated alkanes) is 2. The Balaban J connectivity index is 2.11. The van der Waals surface area contributed by atoms with Crippen LogP contribution in [0.1, 0.15) is 61.8 Å². The van der Waals surface area contributed by atoms with Crippen LogP contribution in [0, 0.1) is 22.7 Å². The Morgan fingerprint density at radius 1 is 0.700 bits per heavy atom. The summed E-state index contributed by atoms with van der Waals surface area (Å²) in [5.74, 6) is 0. The van der Waals surface area contributed by atoms with Gasteiger partial charge in [-0.05, 0) is 47.9 Å². The number of allylic oxidation sites excluding steroid dienone is 2. The van der Waals surface area contributed by atoms with Gasteiger partial charge < -0.3 is 0 Å². The van der Waals surface area contributed by atoms with Crippen molar-refractivity contribution in [2.75, 3.05) is 0 Å². The number of aryl methyl sites for hydroxylation is 2. The summed E-state index contributed by atoms with van der Waals surface area (Å²) < 4.78 is 0. The van der Waals surface area contributed by atoms with E-state index in [4.69, 9.17) is 0 Å². The third-order valence-corrected chi connectivity index (χ3v) is 4.72.